The summed E-state index contributed by atoms with van der Waals surface area (Å²) in [5.41, 5.74) is 0.952. The van der Waals surface area contributed by atoms with Crippen molar-refractivity contribution in [1.82, 2.24) is 0 Å². The third kappa shape index (κ3) is 5.87. The number of rotatable bonds is 9. The highest BCUT2D eigenvalue weighted by Gasteiger charge is 2.18. The minimum absolute atomic E-state index is 0.0935. The smallest absolute Gasteiger partial charge is 0.160 e. The molecule has 1 aromatic carbocycles. The number of ether oxygens (including phenoxy) is 1. The summed E-state index contributed by atoms with van der Waals surface area (Å²) in [6, 6.07) is 5.12. The van der Waals surface area contributed by atoms with Gasteiger partial charge in [-0.3, -0.25) is 4.79 Å². The molecule has 0 aliphatic heterocycles. The van der Waals surface area contributed by atoms with E-state index in [2.05, 4.69) is 0 Å². The van der Waals surface area contributed by atoms with Gasteiger partial charge in [0.05, 0.1) is 13.2 Å². The summed E-state index contributed by atoms with van der Waals surface area (Å²) in [5.74, 6) is 1.37. The SMILES string of the molecule is COc1cc(CCC(=O)C[C@H](O)CCC2CCCC2)ccc1O. The first-order chi connectivity index (χ1) is 11.1. The minimum Gasteiger partial charge on any atom is -0.504 e. The Hall–Kier alpha value is -1.55. The molecule has 1 atom stereocenters. The Morgan fingerprint density at radius 3 is 2.78 bits per heavy atom. The van der Waals surface area contributed by atoms with E-state index in [0.717, 1.165) is 24.3 Å². The molecule has 1 aliphatic rings. The second-order valence-corrected chi connectivity index (χ2v) is 6.63. The third-order valence-electron chi connectivity index (χ3n) is 4.78. The fraction of sp³-hybridized carbons (Fsp3) is 0.632. The standard InChI is InChI=1S/C19H28O4/c1-23-19-12-15(8-11-18(19)22)7-10-17(21)13-16(20)9-6-14-4-2-3-5-14/h8,11-12,14,16,20,22H,2-7,9-10,13H2,1H3/t16-/m1/s1. The molecule has 0 aromatic heterocycles. The van der Waals surface area contributed by atoms with Crippen LogP contribution in [0.3, 0.4) is 0 Å². The predicted molar refractivity (Wildman–Crippen MR) is 89.8 cm³/mol. The predicted octanol–water partition coefficient (Wildman–Crippen LogP) is 3.62. The molecule has 1 aromatic rings. The van der Waals surface area contributed by atoms with E-state index in [-0.39, 0.29) is 18.0 Å². The monoisotopic (exact) mass is 320 g/mol. The van der Waals surface area contributed by atoms with Crippen molar-refractivity contribution in [2.75, 3.05) is 7.11 Å². The summed E-state index contributed by atoms with van der Waals surface area (Å²) in [5, 5.41) is 19.6. The zero-order valence-corrected chi connectivity index (χ0v) is 14.0. The van der Waals surface area contributed by atoms with Crippen LogP contribution >= 0.6 is 0 Å². The van der Waals surface area contributed by atoms with Crippen LogP contribution in [0.1, 0.15) is 56.9 Å². The van der Waals surface area contributed by atoms with E-state index in [9.17, 15) is 15.0 Å². The van der Waals surface area contributed by atoms with Crippen LogP contribution in [0.5, 0.6) is 11.5 Å². The first-order valence-electron chi connectivity index (χ1n) is 8.64. The molecule has 0 saturated heterocycles. The van der Waals surface area contributed by atoms with Gasteiger partial charge >= 0.3 is 0 Å². The molecule has 128 valence electrons. The molecule has 0 amide bonds. The molecule has 1 aliphatic carbocycles. The molecular weight excluding hydrogens is 292 g/mol. The number of aryl methyl sites for hydroxylation is 1. The fourth-order valence-electron chi connectivity index (χ4n) is 3.36. The van der Waals surface area contributed by atoms with E-state index in [4.69, 9.17) is 4.74 Å². The molecule has 2 rings (SSSR count). The molecule has 23 heavy (non-hydrogen) atoms. The summed E-state index contributed by atoms with van der Waals surface area (Å²) in [4.78, 5) is 12.0. The number of carbonyl (C=O) groups is 1. The molecule has 4 heteroatoms. The van der Waals surface area contributed by atoms with Crippen molar-refractivity contribution < 1.29 is 19.7 Å². The number of aliphatic hydroxyl groups excluding tert-OH is 1. The van der Waals surface area contributed by atoms with Crippen LogP contribution in [0, 0.1) is 5.92 Å². The summed E-state index contributed by atoms with van der Waals surface area (Å²) < 4.78 is 5.06. The molecule has 1 saturated carbocycles. The molecule has 0 unspecified atom stereocenters. The van der Waals surface area contributed by atoms with Gasteiger partial charge in [0.25, 0.3) is 0 Å². The van der Waals surface area contributed by atoms with Crippen molar-refractivity contribution in [2.45, 2.75) is 63.9 Å². The van der Waals surface area contributed by atoms with Crippen molar-refractivity contribution >= 4 is 5.78 Å². The maximum absolute atomic E-state index is 12.0. The molecular formula is C19H28O4. The van der Waals surface area contributed by atoms with Crippen molar-refractivity contribution in [3.8, 4) is 11.5 Å². The van der Waals surface area contributed by atoms with Crippen molar-refractivity contribution in [3.63, 3.8) is 0 Å². The Bertz CT molecular complexity index is 506. The molecule has 0 bridgehead atoms. The van der Waals surface area contributed by atoms with Crippen LogP contribution in [0.2, 0.25) is 0 Å². The van der Waals surface area contributed by atoms with Gasteiger partial charge in [-0.1, -0.05) is 31.7 Å². The lowest BCUT2D eigenvalue weighted by atomic mass is 9.96. The zero-order chi connectivity index (χ0) is 16.7. The fourth-order valence-corrected chi connectivity index (χ4v) is 3.36. The van der Waals surface area contributed by atoms with Crippen LogP contribution in [0.15, 0.2) is 18.2 Å². The van der Waals surface area contributed by atoms with Gasteiger partial charge in [0.2, 0.25) is 0 Å². The summed E-state index contributed by atoms with van der Waals surface area (Å²) in [6.07, 6.45) is 7.74. The zero-order valence-electron chi connectivity index (χ0n) is 14.0. The van der Waals surface area contributed by atoms with Gasteiger partial charge in [0.15, 0.2) is 11.5 Å². The van der Waals surface area contributed by atoms with E-state index in [1.54, 1.807) is 18.2 Å². The number of ketones is 1. The van der Waals surface area contributed by atoms with Gasteiger partial charge < -0.3 is 14.9 Å². The summed E-state index contributed by atoms with van der Waals surface area (Å²) >= 11 is 0. The average Bonchev–Trinajstić information content (AvgIpc) is 3.05. The Morgan fingerprint density at radius 1 is 1.35 bits per heavy atom. The normalized spacial score (nSPS) is 16.4. The number of benzene rings is 1. The Morgan fingerprint density at radius 2 is 2.09 bits per heavy atom. The number of hydrogen-bond donors (Lipinski definition) is 2. The highest BCUT2D eigenvalue weighted by molar-refractivity contribution is 5.79. The third-order valence-corrected chi connectivity index (χ3v) is 4.78. The van der Waals surface area contributed by atoms with Crippen LogP contribution in [0.4, 0.5) is 0 Å². The van der Waals surface area contributed by atoms with Gasteiger partial charge in [-0.25, -0.2) is 0 Å². The van der Waals surface area contributed by atoms with Crippen LogP contribution in [-0.4, -0.2) is 29.2 Å². The number of Topliss-reactive ketones (excluding diaryl/α,β-unsaturated/α-hetero) is 1. The number of carbonyl (C=O) groups excluding carboxylic acids is 1. The Balaban J connectivity index is 1.69. The minimum atomic E-state index is -0.502. The van der Waals surface area contributed by atoms with Gasteiger partial charge in [0, 0.05) is 12.8 Å². The van der Waals surface area contributed by atoms with E-state index >= 15 is 0 Å². The van der Waals surface area contributed by atoms with Crippen LogP contribution in [-0.2, 0) is 11.2 Å². The largest absolute Gasteiger partial charge is 0.504 e. The molecule has 0 spiro atoms. The first kappa shape index (κ1) is 17.8. The van der Waals surface area contributed by atoms with Crippen molar-refractivity contribution in [2.24, 2.45) is 5.92 Å². The van der Waals surface area contributed by atoms with E-state index in [0.29, 0.717) is 18.6 Å². The van der Waals surface area contributed by atoms with Crippen LogP contribution in [0.25, 0.3) is 0 Å². The molecule has 4 nitrogen and oxygen atoms in total. The maximum atomic E-state index is 12.0. The van der Waals surface area contributed by atoms with E-state index in [1.807, 2.05) is 0 Å². The number of hydrogen-bond acceptors (Lipinski definition) is 4. The molecule has 2 N–H and O–H groups in total. The van der Waals surface area contributed by atoms with Gasteiger partial charge in [-0.15, -0.1) is 0 Å². The first-order valence-corrected chi connectivity index (χ1v) is 8.64. The van der Waals surface area contributed by atoms with Gasteiger partial charge in [-0.2, -0.15) is 0 Å². The quantitative estimate of drug-likeness (QED) is 0.729. The lowest BCUT2D eigenvalue weighted by Crippen LogP contribution is -2.15. The number of methoxy groups -OCH3 is 1. The molecule has 1 fully saturated rings. The van der Waals surface area contributed by atoms with Crippen molar-refractivity contribution in [1.29, 1.82) is 0 Å². The van der Waals surface area contributed by atoms with Gasteiger partial charge in [0.1, 0.15) is 5.78 Å². The van der Waals surface area contributed by atoms with E-state index in [1.165, 1.54) is 32.8 Å². The average molecular weight is 320 g/mol. The lowest BCUT2D eigenvalue weighted by molar-refractivity contribution is -0.121. The topological polar surface area (TPSA) is 66.8 Å². The summed E-state index contributed by atoms with van der Waals surface area (Å²) in [7, 11) is 1.50. The van der Waals surface area contributed by atoms with Gasteiger partial charge in [-0.05, 0) is 42.9 Å². The second kappa shape index (κ2) is 8.92. The highest BCUT2D eigenvalue weighted by atomic mass is 16.5. The lowest BCUT2D eigenvalue weighted by Gasteiger charge is -2.13. The Kier molecular flexibility index (Phi) is 6.90. The number of aromatic hydroxyl groups is 1. The van der Waals surface area contributed by atoms with Crippen molar-refractivity contribution in [3.05, 3.63) is 23.8 Å². The molecule has 0 radical (unpaired) electrons. The summed E-state index contributed by atoms with van der Waals surface area (Å²) in [6.45, 7) is 0. The highest BCUT2D eigenvalue weighted by Crippen LogP contribution is 2.29. The van der Waals surface area contributed by atoms with E-state index < -0.39 is 6.10 Å². The number of phenols is 1. The molecule has 0 heterocycles. The number of aliphatic hydroxyl groups is 1. The van der Waals surface area contributed by atoms with Crippen LogP contribution < -0.4 is 4.74 Å². The Labute approximate surface area is 138 Å². The maximum Gasteiger partial charge on any atom is 0.160 e. The number of phenolic OH excluding ortho intramolecular Hbond substituents is 1. The second-order valence-electron chi connectivity index (χ2n) is 6.63.